The summed E-state index contributed by atoms with van der Waals surface area (Å²) >= 11 is 1.19. The summed E-state index contributed by atoms with van der Waals surface area (Å²) in [5, 5.41) is 15.4. The number of anilines is 1. The van der Waals surface area contributed by atoms with Crippen LogP contribution in [0.25, 0.3) is 22.3 Å². The number of hydrogen-bond acceptors (Lipinski definition) is 4. The van der Waals surface area contributed by atoms with Crippen molar-refractivity contribution in [2.45, 2.75) is 19.8 Å². The minimum Gasteiger partial charge on any atom is -0.478 e. The lowest BCUT2D eigenvalue weighted by Crippen LogP contribution is -2.13. The summed E-state index contributed by atoms with van der Waals surface area (Å²) in [5.41, 5.74) is 3.38. The maximum absolute atomic E-state index is 12.4. The second kappa shape index (κ2) is 7.93. The Hall–Kier alpha value is -3.38. The molecule has 0 unspecified atom stereocenters. The van der Waals surface area contributed by atoms with Crippen LogP contribution in [0.4, 0.5) is 5.00 Å². The van der Waals surface area contributed by atoms with Gasteiger partial charge in [-0.1, -0.05) is 42.0 Å². The lowest BCUT2D eigenvalue weighted by molar-refractivity contribution is -0.116. The van der Waals surface area contributed by atoms with Gasteiger partial charge in [-0.25, -0.2) is 4.79 Å². The number of carbonyl (C=O) groups excluding carboxylic acids is 1. The fourth-order valence-electron chi connectivity index (χ4n) is 3.23. The van der Waals surface area contributed by atoms with Gasteiger partial charge in [-0.2, -0.15) is 0 Å². The molecule has 2 N–H and O–H groups in total. The molecular weight excluding hydrogens is 386 g/mol. The molecule has 0 bridgehead atoms. The Morgan fingerprint density at radius 3 is 2.66 bits per heavy atom. The van der Waals surface area contributed by atoms with Crippen LogP contribution in [0.5, 0.6) is 0 Å². The van der Waals surface area contributed by atoms with E-state index in [1.807, 2.05) is 61.5 Å². The molecule has 4 rings (SSSR count). The number of benzene rings is 2. The van der Waals surface area contributed by atoms with Crippen LogP contribution >= 0.6 is 11.3 Å². The molecular formula is C23H19NO4S. The molecule has 0 aliphatic carbocycles. The van der Waals surface area contributed by atoms with Crippen LogP contribution in [0.15, 0.2) is 64.4 Å². The topological polar surface area (TPSA) is 79.5 Å². The molecule has 0 saturated carbocycles. The van der Waals surface area contributed by atoms with Crippen molar-refractivity contribution in [3.05, 3.63) is 76.7 Å². The molecule has 6 heteroatoms. The Balaban J connectivity index is 1.57. The molecule has 0 aliphatic rings. The van der Waals surface area contributed by atoms with Gasteiger partial charge >= 0.3 is 5.97 Å². The third-order valence-corrected chi connectivity index (χ3v) is 5.57. The van der Waals surface area contributed by atoms with Crippen molar-refractivity contribution >= 4 is 39.2 Å². The number of carboxylic acid groups (broad SMARTS) is 1. The molecule has 0 atom stereocenters. The predicted octanol–water partition coefficient (Wildman–Crippen LogP) is 5.74. The lowest BCUT2D eigenvalue weighted by atomic mass is 10.1. The van der Waals surface area contributed by atoms with Gasteiger partial charge in [0.1, 0.15) is 21.9 Å². The number of hydrogen-bond donors (Lipinski definition) is 2. The van der Waals surface area contributed by atoms with Crippen LogP contribution in [0.1, 0.15) is 27.9 Å². The average molecular weight is 405 g/mol. The van der Waals surface area contributed by atoms with Gasteiger partial charge in [0.2, 0.25) is 5.91 Å². The van der Waals surface area contributed by atoms with Crippen LogP contribution in [-0.2, 0) is 11.2 Å². The smallest absolute Gasteiger partial charge is 0.339 e. The third kappa shape index (κ3) is 4.07. The summed E-state index contributed by atoms with van der Waals surface area (Å²) in [7, 11) is 0. The predicted molar refractivity (Wildman–Crippen MR) is 115 cm³/mol. The maximum atomic E-state index is 12.4. The molecule has 0 radical (unpaired) electrons. The average Bonchev–Trinajstić information content (AvgIpc) is 3.30. The minimum atomic E-state index is -1.10. The second-order valence-corrected chi connectivity index (χ2v) is 7.72. The molecule has 5 nitrogen and oxygen atoms in total. The maximum Gasteiger partial charge on any atom is 0.339 e. The highest BCUT2D eigenvalue weighted by atomic mass is 32.1. The van der Waals surface area contributed by atoms with Crippen molar-refractivity contribution < 1.29 is 19.1 Å². The van der Waals surface area contributed by atoms with Crippen molar-refractivity contribution in [3.8, 4) is 11.3 Å². The van der Waals surface area contributed by atoms with E-state index in [2.05, 4.69) is 5.32 Å². The molecule has 0 spiro atoms. The molecule has 0 saturated heterocycles. The van der Waals surface area contributed by atoms with Gasteiger partial charge < -0.3 is 14.8 Å². The molecule has 29 heavy (non-hydrogen) atoms. The van der Waals surface area contributed by atoms with Gasteiger partial charge in [-0.05, 0) is 37.1 Å². The van der Waals surface area contributed by atoms with Crippen molar-refractivity contribution in [2.75, 3.05) is 5.32 Å². The summed E-state index contributed by atoms with van der Waals surface area (Å²) in [4.78, 5) is 24.3. The van der Waals surface area contributed by atoms with E-state index in [0.29, 0.717) is 28.3 Å². The second-order valence-electron chi connectivity index (χ2n) is 6.84. The number of rotatable bonds is 6. The van der Waals surface area contributed by atoms with E-state index in [1.54, 1.807) is 5.38 Å². The van der Waals surface area contributed by atoms with Gasteiger partial charge in [-0.3, -0.25) is 4.79 Å². The number of thiophene rings is 1. The van der Waals surface area contributed by atoms with E-state index in [1.165, 1.54) is 11.3 Å². The zero-order chi connectivity index (χ0) is 20.4. The number of carbonyl (C=O) groups is 2. The number of aromatic carboxylic acids is 1. The first-order valence-corrected chi connectivity index (χ1v) is 10.1. The van der Waals surface area contributed by atoms with E-state index >= 15 is 0 Å². The number of amides is 1. The van der Waals surface area contributed by atoms with Crippen LogP contribution in [0.3, 0.4) is 0 Å². The number of nitrogens with one attached hydrogen (secondary N) is 1. The van der Waals surface area contributed by atoms with Gasteiger partial charge in [0.25, 0.3) is 0 Å². The lowest BCUT2D eigenvalue weighted by Gasteiger charge is -2.05. The molecule has 4 aromatic rings. The molecule has 2 aromatic heterocycles. The Bertz CT molecular complexity index is 1190. The molecule has 2 heterocycles. The Kier molecular flexibility index (Phi) is 5.18. The van der Waals surface area contributed by atoms with Crippen LogP contribution in [-0.4, -0.2) is 17.0 Å². The summed E-state index contributed by atoms with van der Waals surface area (Å²) in [6.07, 6.45) is 0.871. The van der Waals surface area contributed by atoms with Crippen LogP contribution in [0, 0.1) is 6.92 Å². The van der Waals surface area contributed by atoms with Crippen molar-refractivity contribution in [2.24, 2.45) is 0 Å². The summed E-state index contributed by atoms with van der Waals surface area (Å²) in [6, 6.07) is 17.3. The van der Waals surface area contributed by atoms with Crippen molar-refractivity contribution in [1.29, 1.82) is 0 Å². The van der Waals surface area contributed by atoms with Gasteiger partial charge in [-0.15, -0.1) is 11.3 Å². The highest BCUT2D eigenvalue weighted by Gasteiger charge is 2.23. The molecule has 146 valence electrons. The molecule has 2 aromatic carbocycles. The molecule has 1 amide bonds. The Morgan fingerprint density at radius 2 is 1.90 bits per heavy atom. The first-order chi connectivity index (χ1) is 14.0. The van der Waals surface area contributed by atoms with Crippen molar-refractivity contribution in [3.63, 3.8) is 0 Å². The minimum absolute atomic E-state index is 0.0545. The monoisotopic (exact) mass is 405 g/mol. The number of aryl methyl sites for hydroxylation is 2. The third-order valence-electron chi connectivity index (χ3n) is 4.68. The number of fused-ring (bicyclic) bond motifs is 1. The first-order valence-electron chi connectivity index (χ1n) is 9.20. The quantitative estimate of drug-likeness (QED) is 0.429. The molecule has 0 aliphatic heterocycles. The first kappa shape index (κ1) is 19.0. The van der Waals surface area contributed by atoms with Gasteiger partial charge in [0.15, 0.2) is 0 Å². The standard InChI is InChI=1S/C23H19NO4S/c1-14-7-9-18-16(11-14)12-19(28-18)17-13-29-22(21(17)23(26)27)24-20(25)10-8-15-5-3-2-4-6-15/h2-7,9,11-13H,8,10H2,1H3,(H,24,25)(H,26,27). The summed E-state index contributed by atoms with van der Waals surface area (Å²) < 4.78 is 5.85. The summed E-state index contributed by atoms with van der Waals surface area (Å²) in [5.74, 6) is -0.842. The van der Waals surface area contributed by atoms with Crippen LogP contribution in [0.2, 0.25) is 0 Å². The highest BCUT2D eigenvalue weighted by molar-refractivity contribution is 7.15. The highest BCUT2D eigenvalue weighted by Crippen LogP contribution is 2.38. The summed E-state index contributed by atoms with van der Waals surface area (Å²) in [6.45, 7) is 1.99. The normalized spacial score (nSPS) is 10.9. The fraction of sp³-hybridized carbons (Fsp3) is 0.130. The Morgan fingerprint density at radius 1 is 1.10 bits per heavy atom. The van der Waals surface area contributed by atoms with Gasteiger partial charge in [0.05, 0.1) is 0 Å². The number of carboxylic acids is 1. The number of furan rings is 1. The fourth-order valence-corrected chi connectivity index (χ4v) is 4.19. The zero-order valence-corrected chi connectivity index (χ0v) is 16.6. The van der Waals surface area contributed by atoms with E-state index in [9.17, 15) is 14.7 Å². The van der Waals surface area contributed by atoms with Crippen molar-refractivity contribution in [1.82, 2.24) is 0 Å². The van der Waals surface area contributed by atoms with Gasteiger partial charge in [0, 0.05) is 22.8 Å². The van der Waals surface area contributed by atoms with E-state index in [0.717, 1.165) is 16.5 Å². The largest absolute Gasteiger partial charge is 0.478 e. The van der Waals surface area contributed by atoms with E-state index in [4.69, 9.17) is 4.42 Å². The van der Waals surface area contributed by atoms with E-state index in [-0.39, 0.29) is 17.9 Å². The SMILES string of the molecule is Cc1ccc2oc(-c3csc(NC(=O)CCc4ccccc4)c3C(=O)O)cc2c1. The zero-order valence-electron chi connectivity index (χ0n) is 15.8. The molecule has 0 fully saturated rings. The Labute approximate surface area is 171 Å². The van der Waals surface area contributed by atoms with E-state index < -0.39 is 5.97 Å². The van der Waals surface area contributed by atoms with Crippen LogP contribution < -0.4 is 5.32 Å².